The summed E-state index contributed by atoms with van der Waals surface area (Å²) in [5, 5.41) is 3.05. The Kier molecular flexibility index (Phi) is 2.02. The van der Waals surface area contributed by atoms with Crippen LogP contribution in [0.15, 0.2) is 33.6 Å². The molecule has 0 radical (unpaired) electrons. The summed E-state index contributed by atoms with van der Waals surface area (Å²) in [6, 6.07) is 6.71. The lowest BCUT2D eigenvalue weighted by Crippen LogP contribution is -2.49. The van der Waals surface area contributed by atoms with Gasteiger partial charge in [0, 0.05) is 13.1 Å². The van der Waals surface area contributed by atoms with Crippen LogP contribution in [0.25, 0.3) is 0 Å². The van der Waals surface area contributed by atoms with E-state index >= 15 is 0 Å². The molecule has 1 aromatic carbocycles. The van der Waals surface area contributed by atoms with E-state index in [0.717, 1.165) is 13.1 Å². The number of nitrogens with one attached hydrogen (secondary N) is 1. The van der Waals surface area contributed by atoms with E-state index in [2.05, 4.69) is 9.71 Å². The number of fused-ring (bicyclic) bond motifs is 1. The number of nitrogens with zero attached hydrogens (tertiary/aromatic N) is 1. The topological polar surface area (TPSA) is 67.8 Å². The molecule has 0 atom stereocenters. The molecule has 2 aliphatic rings. The highest BCUT2D eigenvalue weighted by Crippen LogP contribution is 2.27. The number of hydrogen-bond acceptors (Lipinski definition) is 4. The molecule has 0 amide bonds. The molecule has 2 heterocycles. The first-order valence-corrected chi connectivity index (χ1v) is 6.42. The molecule has 1 fully saturated rings. The maximum atomic E-state index is 11.7. The zero-order valence-corrected chi connectivity index (χ0v) is 9.20. The molecule has 0 bridgehead atoms. The van der Waals surface area contributed by atoms with Gasteiger partial charge in [-0.1, -0.05) is 12.1 Å². The van der Waals surface area contributed by atoms with E-state index in [9.17, 15) is 8.42 Å². The fraction of sp³-hybridized carbons (Fsp3) is 0.300. The summed E-state index contributed by atoms with van der Waals surface area (Å²) < 4.78 is 32.5. The molecule has 5 nitrogen and oxygen atoms in total. The monoisotopic (exact) mass is 238 g/mol. The van der Waals surface area contributed by atoms with Gasteiger partial charge in [0.25, 0.3) is 10.0 Å². The lowest BCUT2D eigenvalue weighted by atomic mass is 10.2. The van der Waals surface area contributed by atoms with Crippen molar-refractivity contribution in [1.29, 1.82) is 0 Å². The van der Waals surface area contributed by atoms with E-state index in [0.29, 0.717) is 5.56 Å². The summed E-state index contributed by atoms with van der Waals surface area (Å²) in [6.07, 6.45) is 0.0279. The van der Waals surface area contributed by atoms with Crippen LogP contribution in [0.1, 0.15) is 5.56 Å². The molecule has 3 rings (SSSR count). The van der Waals surface area contributed by atoms with Crippen molar-refractivity contribution in [2.45, 2.75) is 11.0 Å². The zero-order chi connectivity index (χ0) is 11.2. The predicted octanol–water partition coefficient (Wildman–Crippen LogP) is 0.124. The first-order chi connectivity index (χ1) is 7.67. The molecular weight excluding hydrogens is 228 g/mol. The number of rotatable bonds is 1. The minimum Gasteiger partial charge on any atom is -0.471 e. The molecule has 1 saturated heterocycles. The quantitative estimate of drug-likeness (QED) is 0.754. The summed E-state index contributed by atoms with van der Waals surface area (Å²) in [5.74, 6) is 0.224. The first kappa shape index (κ1) is 9.80. The van der Waals surface area contributed by atoms with Crippen molar-refractivity contribution in [3.05, 3.63) is 29.8 Å². The number of sulfonamides is 1. The molecule has 16 heavy (non-hydrogen) atoms. The standard InChI is InChI=1S/C10H10N2O3S/c13-16(14)9-4-2-1-3-8(9)10(12-16)15-7-5-11-6-7/h1-4,7,11H,5-6H2. The Balaban J connectivity index is 2.01. The third kappa shape index (κ3) is 1.42. The fourth-order valence-electron chi connectivity index (χ4n) is 1.66. The summed E-state index contributed by atoms with van der Waals surface area (Å²) >= 11 is 0. The molecule has 1 aromatic rings. The molecule has 0 aromatic heterocycles. The fourth-order valence-corrected chi connectivity index (χ4v) is 2.81. The van der Waals surface area contributed by atoms with Gasteiger partial charge in [0.05, 0.1) is 5.56 Å². The molecule has 0 aliphatic carbocycles. The molecule has 0 spiro atoms. The van der Waals surface area contributed by atoms with E-state index in [1.165, 1.54) is 0 Å². The van der Waals surface area contributed by atoms with Crippen LogP contribution in [-0.2, 0) is 14.8 Å². The van der Waals surface area contributed by atoms with Crippen LogP contribution in [0, 0.1) is 0 Å². The van der Waals surface area contributed by atoms with Crippen molar-refractivity contribution in [3.8, 4) is 0 Å². The van der Waals surface area contributed by atoms with Crippen LogP contribution in [-0.4, -0.2) is 33.5 Å². The number of ether oxygens (including phenoxy) is 1. The van der Waals surface area contributed by atoms with Gasteiger partial charge in [-0.3, -0.25) is 0 Å². The Morgan fingerprint density at radius 1 is 1.31 bits per heavy atom. The molecule has 0 saturated carbocycles. The highest BCUT2D eigenvalue weighted by Gasteiger charge is 2.32. The van der Waals surface area contributed by atoms with Gasteiger partial charge in [0.2, 0.25) is 5.90 Å². The van der Waals surface area contributed by atoms with Gasteiger partial charge in [-0.05, 0) is 12.1 Å². The molecule has 1 N–H and O–H groups in total. The molecule has 84 valence electrons. The van der Waals surface area contributed by atoms with E-state index in [1.807, 2.05) is 0 Å². The first-order valence-electron chi connectivity index (χ1n) is 4.98. The van der Waals surface area contributed by atoms with Crippen molar-refractivity contribution >= 4 is 15.9 Å². The predicted molar refractivity (Wildman–Crippen MR) is 57.9 cm³/mol. The van der Waals surface area contributed by atoms with Gasteiger partial charge in [0.15, 0.2) is 0 Å². The van der Waals surface area contributed by atoms with Crippen LogP contribution < -0.4 is 5.32 Å². The van der Waals surface area contributed by atoms with E-state index < -0.39 is 10.0 Å². The smallest absolute Gasteiger partial charge is 0.286 e. The van der Waals surface area contributed by atoms with Crippen molar-refractivity contribution < 1.29 is 13.2 Å². The van der Waals surface area contributed by atoms with Crippen LogP contribution in [0.3, 0.4) is 0 Å². The van der Waals surface area contributed by atoms with Gasteiger partial charge in [-0.2, -0.15) is 8.42 Å². The second kappa shape index (κ2) is 3.29. The summed E-state index contributed by atoms with van der Waals surface area (Å²) in [5.41, 5.74) is 0.564. The minimum atomic E-state index is -3.54. The SMILES string of the molecule is O=S1(=O)N=C(OC2CNC2)c2ccccc21. The van der Waals surface area contributed by atoms with Gasteiger partial charge in [0.1, 0.15) is 11.0 Å². The van der Waals surface area contributed by atoms with Gasteiger partial charge < -0.3 is 10.1 Å². The van der Waals surface area contributed by atoms with Gasteiger partial charge in [-0.15, -0.1) is 4.40 Å². The average Bonchev–Trinajstić information content (AvgIpc) is 2.46. The molecule has 2 aliphatic heterocycles. The Morgan fingerprint density at radius 3 is 2.75 bits per heavy atom. The van der Waals surface area contributed by atoms with Crippen molar-refractivity contribution in [2.24, 2.45) is 4.40 Å². The second-order valence-corrected chi connectivity index (χ2v) is 5.34. The normalized spacial score (nSPS) is 22.1. The lowest BCUT2D eigenvalue weighted by molar-refractivity contribution is 0.131. The summed E-state index contributed by atoms with van der Waals surface area (Å²) in [7, 11) is -3.54. The van der Waals surface area contributed by atoms with E-state index in [-0.39, 0.29) is 16.9 Å². The molecular formula is C10H10N2O3S. The lowest BCUT2D eigenvalue weighted by Gasteiger charge is -2.27. The summed E-state index contributed by atoms with van der Waals surface area (Å²) in [6.45, 7) is 1.47. The molecule has 6 heteroatoms. The van der Waals surface area contributed by atoms with Crippen molar-refractivity contribution in [1.82, 2.24) is 5.32 Å². The third-order valence-electron chi connectivity index (χ3n) is 2.62. The van der Waals surface area contributed by atoms with Crippen LogP contribution in [0.2, 0.25) is 0 Å². The van der Waals surface area contributed by atoms with Gasteiger partial charge in [-0.25, -0.2) is 0 Å². The van der Waals surface area contributed by atoms with Crippen LogP contribution in [0.5, 0.6) is 0 Å². The second-order valence-electron chi connectivity index (χ2n) is 3.77. The largest absolute Gasteiger partial charge is 0.471 e. The maximum Gasteiger partial charge on any atom is 0.286 e. The molecule has 0 unspecified atom stereocenters. The van der Waals surface area contributed by atoms with E-state index in [4.69, 9.17) is 4.74 Å². The van der Waals surface area contributed by atoms with Crippen LogP contribution >= 0.6 is 0 Å². The van der Waals surface area contributed by atoms with Gasteiger partial charge >= 0.3 is 0 Å². The maximum absolute atomic E-state index is 11.7. The van der Waals surface area contributed by atoms with Crippen LogP contribution in [0.4, 0.5) is 0 Å². The summed E-state index contributed by atoms with van der Waals surface area (Å²) in [4.78, 5) is 0.234. The Hall–Kier alpha value is -1.40. The van der Waals surface area contributed by atoms with E-state index in [1.54, 1.807) is 24.3 Å². The number of hydrogen-bond donors (Lipinski definition) is 1. The Bertz CT molecular complexity index is 561. The average molecular weight is 238 g/mol. The number of benzene rings is 1. The Morgan fingerprint density at radius 2 is 2.06 bits per heavy atom. The minimum absolute atomic E-state index is 0.0279. The highest BCUT2D eigenvalue weighted by atomic mass is 32.2. The van der Waals surface area contributed by atoms with Crippen molar-refractivity contribution in [3.63, 3.8) is 0 Å². The zero-order valence-electron chi connectivity index (χ0n) is 8.38. The Labute approximate surface area is 93.2 Å². The van der Waals surface area contributed by atoms with Crippen molar-refractivity contribution in [2.75, 3.05) is 13.1 Å². The highest BCUT2D eigenvalue weighted by molar-refractivity contribution is 7.90. The third-order valence-corrected chi connectivity index (χ3v) is 3.94.